The van der Waals surface area contributed by atoms with E-state index in [1.807, 2.05) is 11.3 Å². The second-order valence-corrected chi connectivity index (χ2v) is 19.4. The van der Waals surface area contributed by atoms with Crippen LogP contribution in [0.25, 0.3) is 142 Å². The van der Waals surface area contributed by atoms with Crippen molar-refractivity contribution in [3.05, 3.63) is 237 Å². The molecule has 0 radical (unpaired) electrons. The number of aromatic nitrogens is 5. The zero-order valence-corrected chi connectivity index (χ0v) is 39.0. The lowest BCUT2D eigenvalue weighted by Gasteiger charge is -2.14. The van der Waals surface area contributed by atoms with E-state index in [-0.39, 0.29) is 0 Å². The summed E-state index contributed by atoms with van der Waals surface area (Å²) in [5.74, 6) is 1.84. The van der Waals surface area contributed by atoms with Crippen LogP contribution in [0.15, 0.2) is 237 Å². The zero-order chi connectivity index (χ0) is 46.6. The number of benzene rings is 11. The summed E-state index contributed by atoms with van der Waals surface area (Å²) >= 11 is 1.84. The SMILES string of the molecule is c1ccc(-c2cccc(-c3nc(-c4cc(-n5c6ccccc6c6cc7ccccc7cc65)cc5sc6c7ccccc7ccc6c45)nc(-c4cccc5c4c4ccccc4n5-c4ccccc4)n3)c2)cc1. The maximum Gasteiger partial charge on any atom is 0.164 e. The van der Waals surface area contributed by atoms with Crippen molar-refractivity contribution in [3.63, 3.8) is 0 Å². The lowest BCUT2D eigenvalue weighted by molar-refractivity contribution is 1.08. The molecule has 0 spiro atoms. The van der Waals surface area contributed by atoms with Gasteiger partial charge >= 0.3 is 0 Å². The molecule has 0 aliphatic carbocycles. The Balaban J connectivity index is 1.06. The van der Waals surface area contributed by atoms with Crippen molar-refractivity contribution < 1.29 is 0 Å². The maximum absolute atomic E-state index is 5.67. The molecule has 0 aliphatic heterocycles. The van der Waals surface area contributed by atoms with E-state index in [0.29, 0.717) is 17.5 Å². The van der Waals surface area contributed by atoms with Crippen LogP contribution in [-0.4, -0.2) is 24.1 Å². The molecule has 0 bridgehead atoms. The summed E-state index contributed by atoms with van der Waals surface area (Å²) in [6.07, 6.45) is 0. The fraction of sp³-hybridized carbons (Fsp3) is 0. The molecule has 0 saturated heterocycles. The van der Waals surface area contributed by atoms with Gasteiger partial charge in [-0.2, -0.15) is 0 Å². The quantitative estimate of drug-likeness (QED) is 0.167. The van der Waals surface area contributed by atoms with E-state index in [1.165, 1.54) is 42.4 Å². The molecule has 5 nitrogen and oxygen atoms in total. The molecule has 11 aromatic carbocycles. The van der Waals surface area contributed by atoms with Crippen LogP contribution in [0.4, 0.5) is 0 Å². The fourth-order valence-electron chi connectivity index (χ4n) is 11.1. The first-order valence-electron chi connectivity index (χ1n) is 24.0. The maximum atomic E-state index is 5.67. The minimum absolute atomic E-state index is 0.610. The van der Waals surface area contributed by atoms with Gasteiger partial charge < -0.3 is 9.13 Å². The Kier molecular flexibility index (Phi) is 8.76. The van der Waals surface area contributed by atoms with Gasteiger partial charge in [-0.25, -0.2) is 15.0 Å². The summed E-state index contributed by atoms with van der Waals surface area (Å²) in [6.45, 7) is 0. The molecule has 0 fully saturated rings. The normalized spacial score (nSPS) is 11.9. The summed E-state index contributed by atoms with van der Waals surface area (Å²) in [6, 6.07) is 85.0. The van der Waals surface area contributed by atoms with Crippen LogP contribution >= 0.6 is 11.3 Å². The van der Waals surface area contributed by atoms with Gasteiger partial charge in [-0.1, -0.05) is 176 Å². The first kappa shape index (κ1) is 39.7. The van der Waals surface area contributed by atoms with E-state index in [9.17, 15) is 0 Å². The standard InChI is InChI=1S/C65H39N5S/c1-3-17-40(18-4-1)42-22-15-23-45(35-42)63-66-64(52-29-16-32-57-60(52)50-28-12-14-31-56(50)69(57)46-24-5-2-6-25-46)68-65(67-63)54-38-47(39-59-61(54)51-34-33-41-19-9-10-26-48(41)62(51)71-59)70-55-30-13-11-27-49(55)53-36-43-20-7-8-21-44(43)37-58(53)70/h1-39H. The lowest BCUT2D eigenvalue weighted by Crippen LogP contribution is -2.02. The Morgan fingerprint density at radius 2 is 0.887 bits per heavy atom. The van der Waals surface area contributed by atoms with Crippen LogP contribution in [0, 0.1) is 0 Å². The molecule has 15 rings (SSSR count). The number of hydrogen-bond acceptors (Lipinski definition) is 4. The van der Waals surface area contributed by atoms with Gasteiger partial charge in [-0.15, -0.1) is 11.3 Å². The Morgan fingerprint density at radius 3 is 1.70 bits per heavy atom. The van der Waals surface area contributed by atoms with Gasteiger partial charge in [-0.05, 0) is 93.3 Å². The van der Waals surface area contributed by atoms with E-state index in [1.54, 1.807) is 0 Å². The number of nitrogens with zero attached hydrogens (tertiary/aromatic N) is 5. The predicted molar refractivity (Wildman–Crippen MR) is 298 cm³/mol. The molecule has 71 heavy (non-hydrogen) atoms. The highest BCUT2D eigenvalue weighted by Crippen LogP contribution is 2.46. The lowest BCUT2D eigenvalue weighted by atomic mass is 10.0. The number of rotatable bonds is 6. The highest BCUT2D eigenvalue weighted by atomic mass is 32.1. The van der Waals surface area contributed by atoms with Crippen molar-refractivity contribution in [2.24, 2.45) is 0 Å². The molecule has 0 atom stereocenters. The molecule has 4 heterocycles. The third kappa shape index (κ3) is 6.22. The summed E-state index contributed by atoms with van der Waals surface area (Å²) in [7, 11) is 0. The molecule has 0 unspecified atom stereocenters. The molecule has 0 N–H and O–H groups in total. The number of fused-ring (bicyclic) bond motifs is 12. The Labute approximate surface area is 411 Å². The summed E-state index contributed by atoms with van der Waals surface area (Å²) in [5, 5.41) is 11.8. The molecular weight excluding hydrogens is 883 g/mol. The third-order valence-electron chi connectivity index (χ3n) is 14.3. The first-order valence-corrected chi connectivity index (χ1v) is 24.8. The minimum Gasteiger partial charge on any atom is -0.309 e. The van der Waals surface area contributed by atoms with Crippen molar-refractivity contribution in [3.8, 4) is 56.7 Å². The molecular formula is C65H39N5S. The van der Waals surface area contributed by atoms with Crippen LogP contribution in [-0.2, 0) is 0 Å². The van der Waals surface area contributed by atoms with Crippen LogP contribution in [0.2, 0.25) is 0 Å². The highest BCUT2D eigenvalue weighted by Gasteiger charge is 2.24. The Bertz CT molecular complexity index is 4640. The number of thiophene rings is 1. The molecule has 0 saturated carbocycles. The van der Waals surface area contributed by atoms with Gasteiger partial charge in [0.05, 0.1) is 22.1 Å². The van der Waals surface area contributed by atoms with Gasteiger partial charge in [-0.3, -0.25) is 0 Å². The van der Waals surface area contributed by atoms with Crippen LogP contribution < -0.4 is 0 Å². The smallest absolute Gasteiger partial charge is 0.164 e. The van der Waals surface area contributed by atoms with E-state index in [4.69, 9.17) is 15.0 Å². The van der Waals surface area contributed by atoms with E-state index < -0.39 is 0 Å². The molecule has 4 aromatic heterocycles. The van der Waals surface area contributed by atoms with Crippen LogP contribution in [0.3, 0.4) is 0 Å². The van der Waals surface area contributed by atoms with Crippen LogP contribution in [0.5, 0.6) is 0 Å². The molecule has 0 aliphatic rings. The monoisotopic (exact) mass is 921 g/mol. The first-order chi connectivity index (χ1) is 35.2. The fourth-order valence-corrected chi connectivity index (χ4v) is 12.4. The molecule has 6 heteroatoms. The van der Waals surface area contributed by atoms with E-state index in [0.717, 1.165) is 82.1 Å². The summed E-state index contributed by atoms with van der Waals surface area (Å²) in [5.41, 5.74) is 11.7. The van der Waals surface area contributed by atoms with Gasteiger partial charge in [0, 0.05) is 69.8 Å². The number of para-hydroxylation sites is 3. The average molecular weight is 922 g/mol. The highest BCUT2D eigenvalue weighted by molar-refractivity contribution is 7.26. The summed E-state index contributed by atoms with van der Waals surface area (Å²) in [4.78, 5) is 16.7. The topological polar surface area (TPSA) is 48.5 Å². The predicted octanol–water partition coefficient (Wildman–Crippen LogP) is 17.4. The molecule has 0 amide bonds. The van der Waals surface area contributed by atoms with E-state index in [2.05, 4.69) is 246 Å². The second-order valence-electron chi connectivity index (χ2n) is 18.3. The van der Waals surface area contributed by atoms with Gasteiger partial charge in [0.25, 0.3) is 0 Å². The Morgan fingerprint density at radius 1 is 0.296 bits per heavy atom. The molecule has 330 valence electrons. The Hall–Kier alpha value is -9.23. The van der Waals surface area contributed by atoms with Crippen molar-refractivity contribution >= 4 is 96.7 Å². The second kappa shape index (κ2) is 15.7. The van der Waals surface area contributed by atoms with Gasteiger partial charge in [0.1, 0.15) is 0 Å². The van der Waals surface area contributed by atoms with Gasteiger partial charge in [0.2, 0.25) is 0 Å². The number of hydrogen-bond donors (Lipinski definition) is 0. The average Bonchev–Trinajstić information content (AvgIpc) is 4.10. The minimum atomic E-state index is 0.610. The van der Waals surface area contributed by atoms with Crippen molar-refractivity contribution in [2.45, 2.75) is 0 Å². The largest absolute Gasteiger partial charge is 0.309 e. The van der Waals surface area contributed by atoms with Crippen molar-refractivity contribution in [2.75, 3.05) is 0 Å². The van der Waals surface area contributed by atoms with Crippen molar-refractivity contribution in [1.82, 2.24) is 24.1 Å². The zero-order valence-electron chi connectivity index (χ0n) is 38.2. The van der Waals surface area contributed by atoms with Crippen molar-refractivity contribution in [1.29, 1.82) is 0 Å². The van der Waals surface area contributed by atoms with E-state index >= 15 is 0 Å². The summed E-state index contributed by atoms with van der Waals surface area (Å²) < 4.78 is 7.20. The molecule has 15 aromatic rings. The van der Waals surface area contributed by atoms with Crippen LogP contribution in [0.1, 0.15) is 0 Å². The van der Waals surface area contributed by atoms with Gasteiger partial charge in [0.15, 0.2) is 17.5 Å². The third-order valence-corrected chi connectivity index (χ3v) is 15.5.